The summed E-state index contributed by atoms with van der Waals surface area (Å²) in [5.74, 6) is -1.12. The van der Waals surface area contributed by atoms with Gasteiger partial charge in [0, 0.05) is 30.8 Å². The van der Waals surface area contributed by atoms with E-state index < -0.39 is 5.97 Å². The Bertz CT molecular complexity index is 955. The first-order chi connectivity index (χ1) is 14.0. The van der Waals surface area contributed by atoms with E-state index in [2.05, 4.69) is 4.90 Å². The Hall–Kier alpha value is -2.63. The van der Waals surface area contributed by atoms with Crippen molar-refractivity contribution in [3.63, 3.8) is 0 Å². The number of benzene rings is 2. The topological polar surface area (TPSA) is 49.8 Å². The third-order valence-corrected chi connectivity index (χ3v) is 5.15. The van der Waals surface area contributed by atoms with E-state index in [4.69, 9.17) is 9.84 Å². The van der Waals surface area contributed by atoms with Gasteiger partial charge >= 0.3 is 5.97 Å². The smallest absolute Gasteiger partial charge is 0.332 e. The number of carbonyl (C=O) groups is 1. The minimum atomic E-state index is -0.857. The fourth-order valence-corrected chi connectivity index (χ4v) is 3.55. The average Bonchev–Trinajstić information content (AvgIpc) is 2.70. The molecule has 0 atom stereocenters. The predicted molar refractivity (Wildman–Crippen MR) is 119 cm³/mol. The fourth-order valence-electron chi connectivity index (χ4n) is 3.55. The SMILES string of the molecule is Cc1ccccc1/C(=C\OCCN1CCC=C(C(=O)O)C1)c1ccc(F)cc1C.Cl. The normalized spacial score (nSPS) is 14.6. The molecule has 4 nitrogen and oxygen atoms in total. The van der Waals surface area contributed by atoms with E-state index in [1.54, 1.807) is 18.4 Å². The predicted octanol–water partition coefficient (Wildman–Crippen LogP) is 4.99. The monoisotopic (exact) mass is 431 g/mol. The van der Waals surface area contributed by atoms with Crippen LogP contribution in [0.5, 0.6) is 0 Å². The lowest BCUT2D eigenvalue weighted by atomic mass is 9.92. The van der Waals surface area contributed by atoms with Crippen LogP contribution in [0.15, 0.2) is 60.4 Å². The van der Waals surface area contributed by atoms with Crippen molar-refractivity contribution >= 4 is 23.9 Å². The highest BCUT2D eigenvalue weighted by atomic mass is 35.5. The Balaban J connectivity index is 0.00000320. The van der Waals surface area contributed by atoms with Crippen molar-refractivity contribution in [2.75, 3.05) is 26.2 Å². The summed E-state index contributed by atoms with van der Waals surface area (Å²) in [4.78, 5) is 13.2. The van der Waals surface area contributed by atoms with E-state index in [-0.39, 0.29) is 18.2 Å². The van der Waals surface area contributed by atoms with Gasteiger partial charge in [0.15, 0.2) is 0 Å². The highest BCUT2D eigenvalue weighted by Gasteiger charge is 2.17. The average molecular weight is 432 g/mol. The van der Waals surface area contributed by atoms with Gasteiger partial charge in [0.25, 0.3) is 0 Å². The van der Waals surface area contributed by atoms with Crippen molar-refractivity contribution in [3.8, 4) is 0 Å². The molecule has 0 aliphatic carbocycles. The van der Waals surface area contributed by atoms with Crippen LogP contribution in [0.2, 0.25) is 0 Å². The zero-order valence-corrected chi connectivity index (χ0v) is 18.0. The van der Waals surface area contributed by atoms with Crippen molar-refractivity contribution in [1.29, 1.82) is 0 Å². The molecule has 0 bridgehead atoms. The van der Waals surface area contributed by atoms with E-state index in [1.165, 1.54) is 12.1 Å². The summed E-state index contributed by atoms with van der Waals surface area (Å²) in [6, 6.07) is 12.8. The maximum absolute atomic E-state index is 13.6. The van der Waals surface area contributed by atoms with E-state index in [0.717, 1.165) is 40.8 Å². The Kier molecular flexibility index (Phi) is 8.63. The highest BCUT2D eigenvalue weighted by molar-refractivity contribution is 5.87. The molecule has 0 aromatic heterocycles. The molecule has 0 radical (unpaired) electrons. The van der Waals surface area contributed by atoms with Crippen LogP contribution >= 0.6 is 12.4 Å². The zero-order chi connectivity index (χ0) is 20.8. The lowest BCUT2D eigenvalue weighted by Crippen LogP contribution is -2.34. The third kappa shape index (κ3) is 5.94. The number of aliphatic carboxylic acids is 1. The maximum atomic E-state index is 13.6. The number of hydrogen-bond donors (Lipinski definition) is 1. The van der Waals surface area contributed by atoms with Crippen LogP contribution in [0.4, 0.5) is 4.39 Å². The molecule has 1 heterocycles. The lowest BCUT2D eigenvalue weighted by molar-refractivity contribution is -0.133. The summed E-state index contributed by atoms with van der Waals surface area (Å²) in [7, 11) is 0. The minimum absolute atomic E-state index is 0. The van der Waals surface area contributed by atoms with Gasteiger partial charge in [0.1, 0.15) is 12.4 Å². The van der Waals surface area contributed by atoms with Gasteiger partial charge < -0.3 is 9.84 Å². The number of ether oxygens (including phenoxy) is 1. The second-order valence-corrected chi connectivity index (χ2v) is 7.28. The molecule has 0 saturated heterocycles. The molecule has 0 fully saturated rings. The Morgan fingerprint density at radius 3 is 2.60 bits per heavy atom. The van der Waals surface area contributed by atoms with Gasteiger partial charge in [0.2, 0.25) is 0 Å². The second-order valence-electron chi connectivity index (χ2n) is 7.28. The van der Waals surface area contributed by atoms with Crippen molar-refractivity contribution < 1.29 is 19.0 Å². The number of carboxylic acid groups (broad SMARTS) is 1. The number of rotatable bonds is 7. The largest absolute Gasteiger partial charge is 0.499 e. The summed E-state index contributed by atoms with van der Waals surface area (Å²) in [6.07, 6.45) is 4.26. The molecule has 2 aromatic rings. The fraction of sp³-hybridized carbons (Fsp3) is 0.292. The van der Waals surface area contributed by atoms with E-state index >= 15 is 0 Å². The van der Waals surface area contributed by atoms with Gasteiger partial charge in [-0.1, -0.05) is 36.4 Å². The first-order valence-corrected chi connectivity index (χ1v) is 9.74. The molecule has 1 N–H and O–H groups in total. The zero-order valence-electron chi connectivity index (χ0n) is 17.2. The molecule has 0 unspecified atom stereocenters. The van der Waals surface area contributed by atoms with Gasteiger partial charge in [-0.2, -0.15) is 0 Å². The number of hydrogen-bond acceptors (Lipinski definition) is 3. The van der Waals surface area contributed by atoms with E-state index in [0.29, 0.717) is 25.3 Å². The summed E-state index contributed by atoms with van der Waals surface area (Å²) < 4.78 is 19.5. The lowest BCUT2D eigenvalue weighted by Gasteiger charge is -2.25. The summed E-state index contributed by atoms with van der Waals surface area (Å²) >= 11 is 0. The molecular formula is C24H27ClFNO3. The Morgan fingerprint density at radius 1 is 1.17 bits per heavy atom. The maximum Gasteiger partial charge on any atom is 0.332 e. The number of carboxylic acids is 1. The minimum Gasteiger partial charge on any atom is -0.499 e. The van der Waals surface area contributed by atoms with Crippen LogP contribution in [0.25, 0.3) is 5.57 Å². The molecule has 0 amide bonds. The van der Waals surface area contributed by atoms with Crippen molar-refractivity contribution in [2.24, 2.45) is 0 Å². The number of halogens is 2. The van der Waals surface area contributed by atoms with Crippen LogP contribution in [-0.2, 0) is 9.53 Å². The van der Waals surface area contributed by atoms with Crippen LogP contribution in [0.1, 0.15) is 28.7 Å². The van der Waals surface area contributed by atoms with Gasteiger partial charge in [-0.3, -0.25) is 4.90 Å². The highest BCUT2D eigenvalue weighted by Crippen LogP contribution is 2.29. The van der Waals surface area contributed by atoms with Gasteiger partial charge in [0.05, 0.1) is 6.26 Å². The molecule has 2 aromatic carbocycles. The molecule has 30 heavy (non-hydrogen) atoms. The van der Waals surface area contributed by atoms with Crippen LogP contribution in [0.3, 0.4) is 0 Å². The number of aryl methyl sites for hydroxylation is 2. The van der Waals surface area contributed by atoms with Gasteiger partial charge in [-0.05, 0) is 54.7 Å². The molecule has 0 saturated carbocycles. The van der Waals surface area contributed by atoms with Crippen LogP contribution < -0.4 is 0 Å². The summed E-state index contributed by atoms with van der Waals surface area (Å²) in [5, 5.41) is 9.16. The molecule has 0 spiro atoms. The standard InChI is InChI=1S/C24H26FNO3.ClH/c1-17-6-3-4-8-21(17)23(22-10-9-20(25)14-18(22)2)16-29-13-12-26-11-5-7-19(15-26)24(27)28;/h3-4,6-10,14,16H,5,11-13,15H2,1-2H3,(H,27,28);1H/b23-16+;. The molecule has 6 heteroatoms. The molecule has 160 valence electrons. The van der Waals surface area contributed by atoms with Crippen molar-refractivity contribution in [2.45, 2.75) is 20.3 Å². The first-order valence-electron chi connectivity index (χ1n) is 9.74. The molecule has 3 rings (SSSR count). The van der Waals surface area contributed by atoms with Crippen LogP contribution in [0, 0.1) is 19.7 Å². The van der Waals surface area contributed by atoms with E-state index in [1.807, 2.05) is 38.1 Å². The van der Waals surface area contributed by atoms with Gasteiger partial charge in [-0.15, -0.1) is 12.4 Å². The third-order valence-electron chi connectivity index (χ3n) is 5.15. The van der Waals surface area contributed by atoms with Crippen LogP contribution in [-0.4, -0.2) is 42.2 Å². The first kappa shape index (κ1) is 23.6. The van der Waals surface area contributed by atoms with Crippen molar-refractivity contribution in [3.05, 3.63) is 88.4 Å². The Labute approximate surface area is 183 Å². The van der Waals surface area contributed by atoms with E-state index in [9.17, 15) is 9.18 Å². The summed E-state index contributed by atoms with van der Waals surface area (Å²) in [5.41, 5.74) is 5.26. The summed E-state index contributed by atoms with van der Waals surface area (Å²) in [6.45, 7) is 6.27. The Morgan fingerprint density at radius 2 is 1.90 bits per heavy atom. The number of nitrogens with zero attached hydrogens (tertiary/aromatic N) is 1. The molecule has 1 aliphatic rings. The molecule has 1 aliphatic heterocycles. The quantitative estimate of drug-likeness (QED) is 0.495. The molecular weight excluding hydrogens is 405 g/mol. The second kappa shape index (κ2) is 11.0. The van der Waals surface area contributed by atoms with Crippen molar-refractivity contribution in [1.82, 2.24) is 4.90 Å². The van der Waals surface area contributed by atoms with Gasteiger partial charge in [-0.25, -0.2) is 9.18 Å².